The van der Waals surface area contributed by atoms with E-state index in [0.29, 0.717) is 22.3 Å². The molecule has 5 rings (SSSR count). The zero-order chi connectivity index (χ0) is 26.5. The largest absolute Gasteiger partial charge is 0.348 e. The van der Waals surface area contributed by atoms with Crippen LogP contribution in [0.3, 0.4) is 0 Å². The lowest BCUT2D eigenvalue weighted by Crippen LogP contribution is -2.25. The first-order valence-electron chi connectivity index (χ1n) is 12.8. The molecule has 2 N–H and O–H groups in total. The van der Waals surface area contributed by atoms with Crippen molar-refractivity contribution in [1.29, 1.82) is 0 Å². The first-order valence-corrected chi connectivity index (χ1v) is 14.6. The first kappa shape index (κ1) is 26.1. The second-order valence-corrected chi connectivity index (χ2v) is 11.5. The lowest BCUT2D eigenvalue weighted by Gasteiger charge is -2.13. The van der Waals surface area contributed by atoms with E-state index in [9.17, 15) is 9.59 Å². The van der Waals surface area contributed by atoms with Crippen molar-refractivity contribution in [3.63, 3.8) is 0 Å². The van der Waals surface area contributed by atoms with E-state index >= 15 is 0 Å². The third-order valence-corrected chi connectivity index (χ3v) is 8.52. The minimum absolute atomic E-state index is 0.138. The molecule has 2 aromatic carbocycles. The van der Waals surface area contributed by atoms with Crippen LogP contribution in [0.1, 0.15) is 50.5 Å². The summed E-state index contributed by atoms with van der Waals surface area (Å²) >= 11 is 2.83. The Labute approximate surface area is 231 Å². The monoisotopic (exact) mass is 542 g/mol. The lowest BCUT2D eigenvalue weighted by molar-refractivity contribution is -0.113. The Bertz CT molecular complexity index is 1450. The average Bonchev–Trinajstić information content (AvgIpc) is 3.29. The normalized spacial score (nSPS) is 12.6. The van der Waals surface area contributed by atoms with Gasteiger partial charge in [0.25, 0.3) is 5.91 Å². The van der Waals surface area contributed by atoms with Crippen LogP contribution in [0.5, 0.6) is 0 Å². The predicted molar refractivity (Wildman–Crippen MR) is 155 cm³/mol. The molecule has 1 aliphatic carbocycles. The van der Waals surface area contributed by atoms with Crippen molar-refractivity contribution in [1.82, 2.24) is 15.3 Å². The number of carbonyl (C=O) groups excluding carboxylic acids is 2. The smallest absolute Gasteiger partial charge is 0.254 e. The number of thiophene rings is 1. The molecule has 1 aliphatic rings. The molecule has 0 aliphatic heterocycles. The van der Waals surface area contributed by atoms with Crippen LogP contribution in [-0.2, 0) is 24.2 Å². The van der Waals surface area contributed by atoms with Gasteiger partial charge in [0.15, 0.2) is 5.16 Å². The van der Waals surface area contributed by atoms with Gasteiger partial charge in [0.05, 0.1) is 17.0 Å². The van der Waals surface area contributed by atoms with Crippen molar-refractivity contribution < 1.29 is 9.59 Å². The van der Waals surface area contributed by atoms with Crippen molar-refractivity contribution in [3.8, 4) is 11.3 Å². The number of hydrogen-bond donors (Lipinski definition) is 2. The number of nitrogens with zero attached hydrogens (tertiary/aromatic N) is 2. The number of carbonyl (C=O) groups is 2. The molecule has 2 amide bonds. The van der Waals surface area contributed by atoms with E-state index in [1.807, 2.05) is 55.5 Å². The van der Waals surface area contributed by atoms with E-state index < -0.39 is 0 Å². The van der Waals surface area contributed by atoms with E-state index in [1.54, 1.807) is 0 Å². The standard InChI is InChI=1S/C30H30N4O2S2/c1-19-12-14-22(15-13-19)24-16-20(2)32-30(33-24)37-18-26(35)34-29-27(23-10-6-7-11-25(23)38-29)28(36)31-17-21-8-4-3-5-9-21/h3-5,8-9,12-16H,6-7,10-11,17-18H2,1-2H3,(H,31,36)(H,34,35). The Morgan fingerprint density at radius 2 is 1.74 bits per heavy atom. The molecule has 2 heterocycles. The minimum atomic E-state index is -0.173. The number of thioether (sulfide) groups is 1. The van der Waals surface area contributed by atoms with Gasteiger partial charge in [-0.25, -0.2) is 9.97 Å². The van der Waals surface area contributed by atoms with Gasteiger partial charge < -0.3 is 10.6 Å². The van der Waals surface area contributed by atoms with E-state index in [0.717, 1.165) is 53.8 Å². The highest BCUT2D eigenvalue weighted by Crippen LogP contribution is 2.38. The fourth-order valence-corrected chi connectivity index (χ4v) is 6.54. The van der Waals surface area contributed by atoms with Crippen LogP contribution in [0, 0.1) is 13.8 Å². The fraction of sp³-hybridized carbons (Fsp3) is 0.267. The SMILES string of the molecule is Cc1ccc(-c2cc(C)nc(SCC(=O)Nc3sc4c(c3C(=O)NCc3ccccc3)CCCC4)n2)cc1. The van der Waals surface area contributed by atoms with Crippen LogP contribution >= 0.6 is 23.1 Å². The van der Waals surface area contributed by atoms with Gasteiger partial charge in [-0.1, -0.05) is 71.9 Å². The molecule has 8 heteroatoms. The third-order valence-electron chi connectivity index (χ3n) is 6.46. The molecule has 4 aromatic rings. The molecule has 0 fully saturated rings. The van der Waals surface area contributed by atoms with Gasteiger partial charge in [-0.2, -0.15) is 0 Å². The predicted octanol–water partition coefficient (Wildman–Crippen LogP) is 6.36. The molecule has 2 aromatic heterocycles. The van der Waals surface area contributed by atoms with Crippen molar-refractivity contribution >= 4 is 39.9 Å². The second kappa shape index (κ2) is 11.9. The number of nitrogens with one attached hydrogen (secondary N) is 2. The van der Waals surface area contributed by atoms with Crippen LogP contribution in [0.4, 0.5) is 5.00 Å². The summed E-state index contributed by atoms with van der Waals surface area (Å²) < 4.78 is 0. The Kier molecular flexibility index (Phi) is 8.20. The van der Waals surface area contributed by atoms with E-state index in [-0.39, 0.29) is 17.6 Å². The summed E-state index contributed by atoms with van der Waals surface area (Å²) in [6, 6.07) is 20.0. The molecule has 0 saturated carbocycles. The molecule has 6 nitrogen and oxygen atoms in total. The number of benzene rings is 2. The molecular formula is C30H30N4O2S2. The summed E-state index contributed by atoms with van der Waals surface area (Å²) in [5.41, 5.74) is 6.63. The van der Waals surface area contributed by atoms with Gasteiger partial charge in [0.1, 0.15) is 5.00 Å². The van der Waals surface area contributed by atoms with Gasteiger partial charge in [0.2, 0.25) is 5.91 Å². The maximum Gasteiger partial charge on any atom is 0.254 e. The fourth-order valence-electron chi connectivity index (χ4n) is 4.53. The van der Waals surface area contributed by atoms with E-state index in [2.05, 4.69) is 39.7 Å². The number of aryl methyl sites for hydroxylation is 3. The highest BCUT2D eigenvalue weighted by molar-refractivity contribution is 7.99. The number of anilines is 1. The van der Waals surface area contributed by atoms with E-state index in [4.69, 9.17) is 0 Å². The van der Waals surface area contributed by atoms with Gasteiger partial charge >= 0.3 is 0 Å². The summed E-state index contributed by atoms with van der Waals surface area (Å²) in [4.78, 5) is 36.7. The number of rotatable bonds is 8. The molecule has 0 bridgehead atoms. The molecule has 194 valence electrons. The summed E-state index contributed by atoms with van der Waals surface area (Å²) in [6.45, 7) is 4.43. The van der Waals surface area contributed by atoms with Crippen LogP contribution < -0.4 is 10.6 Å². The average molecular weight is 543 g/mol. The summed E-state index contributed by atoms with van der Waals surface area (Å²) in [6.07, 6.45) is 3.97. The topological polar surface area (TPSA) is 84.0 Å². The molecule has 0 spiro atoms. The molecule has 0 atom stereocenters. The molecule has 0 saturated heterocycles. The maximum atomic E-state index is 13.3. The highest BCUT2D eigenvalue weighted by Gasteiger charge is 2.26. The second-order valence-electron chi connectivity index (χ2n) is 9.46. The van der Waals surface area contributed by atoms with Crippen molar-refractivity contribution in [2.45, 2.75) is 51.2 Å². The Morgan fingerprint density at radius 1 is 0.974 bits per heavy atom. The quantitative estimate of drug-likeness (QED) is 0.200. The minimum Gasteiger partial charge on any atom is -0.348 e. The summed E-state index contributed by atoms with van der Waals surface area (Å²) in [5.74, 6) is -0.154. The van der Waals surface area contributed by atoms with Crippen LogP contribution in [0.15, 0.2) is 65.8 Å². The van der Waals surface area contributed by atoms with Gasteiger partial charge in [-0.15, -0.1) is 11.3 Å². The Hall–Kier alpha value is -3.49. The number of hydrogen-bond acceptors (Lipinski definition) is 6. The van der Waals surface area contributed by atoms with Crippen LogP contribution in [0.2, 0.25) is 0 Å². The Balaban J connectivity index is 1.28. The molecular weight excluding hydrogens is 512 g/mol. The zero-order valence-electron chi connectivity index (χ0n) is 21.5. The zero-order valence-corrected chi connectivity index (χ0v) is 23.2. The lowest BCUT2D eigenvalue weighted by atomic mass is 9.95. The van der Waals surface area contributed by atoms with E-state index in [1.165, 1.54) is 33.5 Å². The Morgan fingerprint density at radius 3 is 2.53 bits per heavy atom. The van der Waals surface area contributed by atoms with Crippen molar-refractivity contribution in [2.24, 2.45) is 0 Å². The number of amides is 2. The van der Waals surface area contributed by atoms with Gasteiger partial charge in [0, 0.05) is 22.7 Å². The van der Waals surface area contributed by atoms with Crippen molar-refractivity contribution in [3.05, 3.63) is 93.5 Å². The first-order chi connectivity index (χ1) is 18.5. The van der Waals surface area contributed by atoms with Gasteiger partial charge in [-0.3, -0.25) is 9.59 Å². The van der Waals surface area contributed by atoms with Crippen LogP contribution in [0.25, 0.3) is 11.3 Å². The molecule has 38 heavy (non-hydrogen) atoms. The third kappa shape index (κ3) is 6.31. The van der Waals surface area contributed by atoms with Crippen molar-refractivity contribution in [2.75, 3.05) is 11.1 Å². The summed E-state index contributed by atoms with van der Waals surface area (Å²) in [5, 5.41) is 7.27. The highest BCUT2D eigenvalue weighted by atomic mass is 32.2. The maximum absolute atomic E-state index is 13.3. The number of fused-ring (bicyclic) bond motifs is 1. The van der Waals surface area contributed by atoms with Crippen LogP contribution in [-0.4, -0.2) is 27.5 Å². The number of aromatic nitrogens is 2. The molecule has 0 unspecified atom stereocenters. The molecule has 0 radical (unpaired) electrons. The summed E-state index contributed by atoms with van der Waals surface area (Å²) in [7, 11) is 0. The van der Waals surface area contributed by atoms with Gasteiger partial charge in [-0.05, 0) is 56.7 Å².